The smallest absolute Gasteiger partial charge is 0.327 e. The first-order valence-electron chi connectivity index (χ1n) is 7.10. The number of hydrogen-bond acceptors (Lipinski definition) is 3. The number of halogens is 4. The molecule has 0 aliphatic rings. The Morgan fingerprint density at radius 2 is 2.00 bits per heavy atom. The van der Waals surface area contributed by atoms with E-state index in [-0.39, 0.29) is 5.69 Å². The van der Waals surface area contributed by atoms with Gasteiger partial charge in [-0.1, -0.05) is 6.92 Å². The van der Waals surface area contributed by atoms with Crippen LogP contribution in [0.15, 0.2) is 18.2 Å². The molecule has 2 N–H and O–H groups in total. The molecule has 0 atom stereocenters. The molecule has 0 saturated carbocycles. The normalized spacial score (nSPS) is 11.8. The third kappa shape index (κ3) is 3.47. The molecular weight excluding hydrogens is 312 g/mol. The Hall–Kier alpha value is -2.09. The summed E-state index contributed by atoms with van der Waals surface area (Å²) in [5, 5.41) is 9.94. The summed E-state index contributed by atoms with van der Waals surface area (Å²) in [6.07, 6.45) is -4.04. The molecule has 1 aromatic carbocycles. The molecule has 0 amide bonds. The van der Waals surface area contributed by atoms with Crippen molar-refractivity contribution in [1.29, 1.82) is 0 Å². The molecule has 0 aliphatic heterocycles. The van der Waals surface area contributed by atoms with Gasteiger partial charge in [0, 0.05) is 19.2 Å². The highest BCUT2D eigenvalue weighted by Crippen LogP contribution is 2.39. The van der Waals surface area contributed by atoms with Crippen LogP contribution in [0, 0.1) is 5.82 Å². The largest absolute Gasteiger partial charge is 0.418 e. The number of aromatic amines is 1. The molecule has 0 bridgehead atoms. The SMILES string of the molecule is CCc1c(N(C)c2ccc(F)cc2C(F)(F)F)n[nH]c1CNC. The summed E-state index contributed by atoms with van der Waals surface area (Å²) < 4.78 is 52.8. The number of benzene rings is 1. The number of anilines is 2. The average Bonchev–Trinajstić information content (AvgIpc) is 2.88. The summed E-state index contributed by atoms with van der Waals surface area (Å²) in [5.74, 6) is -0.530. The molecule has 23 heavy (non-hydrogen) atoms. The molecule has 8 heteroatoms. The van der Waals surface area contributed by atoms with E-state index in [9.17, 15) is 17.6 Å². The zero-order valence-corrected chi connectivity index (χ0v) is 13.1. The van der Waals surface area contributed by atoms with Crippen LogP contribution in [0.25, 0.3) is 0 Å². The molecular formula is C15H18F4N4. The molecule has 0 radical (unpaired) electrons. The maximum Gasteiger partial charge on any atom is 0.418 e. The first kappa shape index (κ1) is 17.3. The van der Waals surface area contributed by atoms with Crippen molar-refractivity contribution in [2.24, 2.45) is 0 Å². The molecule has 4 nitrogen and oxygen atoms in total. The fourth-order valence-electron chi connectivity index (χ4n) is 2.50. The number of H-pyrrole nitrogens is 1. The number of rotatable bonds is 5. The molecule has 0 unspecified atom stereocenters. The molecule has 1 aromatic heterocycles. The van der Waals surface area contributed by atoms with E-state index in [1.807, 2.05) is 6.92 Å². The molecule has 0 fully saturated rings. The fourth-order valence-corrected chi connectivity index (χ4v) is 2.50. The van der Waals surface area contributed by atoms with Crippen LogP contribution in [0.3, 0.4) is 0 Å². The quantitative estimate of drug-likeness (QED) is 0.823. The highest BCUT2D eigenvalue weighted by atomic mass is 19.4. The zero-order chi connectivity index (χ0) is 17.2. The minimum Gasteiger partial charge on any atom is -0.327 e. The second-order valence-corrected chi connectivity index (χ2v) is 5.11. The first-order valence-corrected chi connectivity index (χ1v) is 7.10. The van der Waals surface area contributed by atoms with Gasteiger partial charge in [-0.15, -0.1) is 0 Å². The zero-order valence-electron chi connectivity index (χ0n) is 13.1. The summed E-state index contributed by atoms with van der Waals surface area (Å²) in [5.41, 5.74) is 0.461. The average molecular weight is 330 g/mol. The van der Waals surface area contributed by atoms with E-state index in [1.54, 1.807) is 7.05 Å². The van der Waals surface area contributed by atoms with Crippen LogP contribution < -0.4 is 10.2 Å². The maximum atomic E-state index is 13.2. The maximum absolute atomic E-state index is 13.2. The molecule has 126 valence electrons. The number of alkyl halides is 3. The summed E-state index contributed by atoms with van der Waals surface area (Å²) in [4.78, 5) is 1.33. The van der Waals surface area contributed by atoms with Crippen LogP contribution >= 0.6 is 0 Å². The van der Waals surface area contributed by atoms with Crippen molar-refractivity contribution >= 4 is 11.5 Å². The van der Waals surface area contributed by atoms with Crippen LogP contribution in [0.5, 0.6) is 0 Å². The van der Waals surface area contributed by atoms with Crippen molar-refractivity contribution in [2.75, 3.05) is 19.0 Å². The van der Waals surface area contributed by atoms with Gasteiger partial charge < -0.3 is 10.2 Å². The summed E-state index contributed by atoms with van der Waals surface area (Å²) in [6.45, 7) is 2.43. The van der Waals surface area contributed by atoms with Crippen LogP contribution in [0.2, 0.25) is 0 Å². The Morgan fingerprint density at radius 1 is 1.30 bits per heavy atom. The molecule has 2 aromatic rings. The lowest BCUT2D eigenvalue weighted by Crippen LogP contribution is -2.18. The minimum absolute atomic E-state index is 0.142. The molecule has 0 spiro atoms. The van der Waals surface area contributed by atoms with Gasteiger partial charge in [0.25, 0.3) is 0 Å². The van der Waals surface area contributed by atoms with E-state index in [1.165, 1.54) is 11.9 Å². The van der Waals surface area contributed by atoms with Crippen molar-refractivity contribution in [2.45, 2.75) is 26.1 Å². The van der Waals surface area contributed by atoms with Crippen LogP contribution in [0.1, 0.15) is 23.7 Å². The van der Waals surface area contributed by atoms with Gasteiger partial charge in [-0.2, -0.15) is 18.3 Å². The van der Waals surface area contributed by atoms with Gasteiger partial charge in [0.15, 0.2) is 5.82 Å². The van der Waals surface area contributed by atoms with E-state index >= 15 is 0 Å². The van der Waals surface area contributed by atoms with Crippen molar-refractivity contribution < 1.29 is 17.6 Å². The van der Waals surface area contributed by atoms with E-state index in [4.69, 9.17) is 0 Å². The summed E-state index contributed by atoms with van der Waals surface area (Å²) >= 11 is 0. The third-order valence-corrected chi connectivity index (χ3v) is 3.58. The summed E-state index contributed by atoms with van der Waals surface area (Å²) in [6, 6.07) is 2.62. The predicted octanol–water partition coefficient (Wildman–Crippen LogP) is 3.62. The Balaban J connectivity index is 2.51. The Morgan fingerprint density at radius 3 is 2.57 bits per heavy atom. The Kier molecular flexibility index (Phi) is 4.93. The lowest BCUT2D eigenvalue weighted by Gasteiger charge is -2.22. The molecule has 1 heterocycles. The highest BCUT2D eigenvalue weighted by Gasteiger charge is 2.35. The number of hydrogen-bond donors (Lipinski definition) is 2. The first-order chi connectivity index (χ1) is 10.8. The fraction of sp³-hybridized carbons (Fsp3) is 0.400. The Bertz CT molecular complexity index is 679. The molecule has 2 rings (SSSR count). The van der Waals surface area contributed by atoms with Crippen molar-refractivity contribution in [3.8, 4) is 0 Å². The summed E-state index contributed by atoms with van der Waals surface area (Å²) in [7, 11) is 3.26. The van der Waals surface area contributed by atoms with Crippen LogP contribution in [-0.2, 0) is 19.1 Å². The number of aromatic nitrogens is 2. The van der Waals surface area contributed by atoms with Crippen molar-refractivity contribution in [1.82, 2.24) is 15.5 Å². The van der Waals surface area contributed by atoms with Gasteiger partial charge in [-0.3, -0.25) is 5.10 Å². The Labute approximate surface area is 131 Å². The van der Waals surface area contributed by atoms with Gasteiger partial charge in [0.2, 0.25) is 0 Å². The topological polar surface area (TPSA) is 44.0 Å². The van der Waals surface area contributed by atoms with Crippen LogP contribution in [0.4, 0.5) is 29.1 Å². The number of nitrogens with one attached hydrogen (secondary N) is 2. The van der Waals surface area contributed by atoms with Crippen molar-refractivity contribution in [3.05, 3.63) is 40.8 Å². The predicted molar refractivity (Wildman–Crippen MR) is 80.2 cm³/mol. The van der Waals surface area contributed by atoms with Gasteiger partial charge in [0.05, 0.1) is 16.9 Å². The standard InChI is InChI=1S/C15H18F4N4/c1-4-10-12(8-20-2)21-22-14(10)23(3)13-6-5-9(16)7-11(13)15(17,18)19/h5-7,20H,4,8H2,1-3H3,(H,21,22). The lowest BCUT2D eigenvalue weighted by molar-refractivity contribution is -0.137. The van der Waals surface area contributed by atoms with E-state index in [0.29, 0.717) is 24.8 Å². The highest BCUT2D eigenvalue weighted by molar-refractivity contribution is 5.66. The van der Waals surface area contributed by atoms with E-state index in [2.05, 4.69) is 15.5 Å². The van der Waals surface area contributed by atoms with Crippen LogP contribution in [-0.4, -0.2) is 24.3 Å². The van der Waals surface area contributed by atoms with Gasteiger partial charge >= 0.3 is 6.18 Å². The van der Waals surface area contributed by atoms with Crippen molar-refractivity contribution in [3.63, 3.8) is 0 Å². The second-order valence-electron chi connectivity index (χ2n) is 5.11. The number of nitrogens with zero attached hydrogens (tertiary/aromatic N) is 2. The van der Waals surface area contributed by atoms with Gasteiger partial charge in [0.1, 0.15) is 5.82 Å². The second kappa shape index (κ2) is 6.57. The lowest BCUT2D eigenvalue weighted by atomic mass is 10.1. The molecule has 0 aliphatic carbocycles. The monoisotopic (exact) mass is 330 g/mol. The van der Waals surface area contributed by atoms with E-state index < -0.39 is 17.6 Å². The molecule has 0 saturated heterocycles. The third-order valence-electron chi connectivity index (χ3n) is 3.58. The van der Waals surface area contributed by atoms with Gasteiger partial charge in [-0.25, -0.2) is 4.39 Å². The van der Waals surface area contributed by atoms with Gasteiger partial charge in [-0.05, 0) is 31.7 Å². The van der Waals surface area contributed by atoms with E-state index in [0.717, 1.165) is 23.4 Å². The minimum atomic E-state index is -4.65.